The average molecular weight is 246 g/mol. The van der Waals surface area contributed by atoms with Gasteiger partial charge in [0.25, 0.3) is 0 Å². The van der Waals surface area contributed by atoms with E-state index in [2.05, 4.69) is 37.4 Å². The molecular weight excluding hydrogens is 224 g/mol. The van der Waals surface area contributed by atoms with Crippen LogP contribution in [0.25, 0.3) is 0 Å². The van der Waals surface area contributed by atoms with Gasteiger partial charge < -0.3 is 10.1 Å². The minimum absolute atomic E-state index is 0.169. The molecule has 98 valence electrons. The zero-order valence-corrected chi connectivity index (χ0v) is 11.5. The molecule has 1 N–H and O–H groups in total. The van der Waals surface area contributed by atoms with Crippen LogP contribution >= 0.6 is 0 Å². The second-order valence-electron chi connectivity index (χ2n) is 5.27. The molecule has 1 rings (SSSR count). The van der Waals surface area contributed by atoms with Gasteiger partial charge in [-0.3, -0.25) is 0 Å². The topological polar surface area (TPSA) is 45.0 Å². The summed E-state index contributed by atoms with van der Waals surface area (Å²) in [6, 6.07) is 10.3. The Morgan fingerprint density at radius 2 is 1.94 bits per heavy atom. The van der Waals surface area contributed by atoms with Crippen LogP contribution in [-0.2, 0) is 6.54 Å². The summed E-state index contributed by atoms with van der Waals surface area (Å²) in [6.07, 6.45) is 1.55. The fourth-order valence-electron chi connectivity index (χ4n) is 1.77. The summed E-state index contributed by atoms with van der Waals surface area (Å²) in [5.41, 5.74) is 1.41. The van der Waals surface area contributed by atoms with Crippen LogP contribution < -0.4 is 10.1 Å². The van der Waals surface area contributed by atoms with Crippen molar-refractivity contribution in [1.82, 2.24) is 5.32 Å². The smallest absolute Gasteiger partial charge is 0.118 e. The zero-order chi connectivity index (χ0) is 13.4. The molecule has 0 bridgehead atoms. The molecule has 0 aliphatic carbocycles. The van der Waals surface area contributed by atoms with Gasteiger partial charge in [-0.25, -0.2) is 0 Å². The molecule has 0 heterocycles. The lowest BCUT2D eigenvalue weighted by Gasteiger charge is -2.23. The van der Waals surface area contributed by atoms with Crippen molar-refractivity contribution in [2.24, 2.45) is 5.41 Å². The zero-order valence-electron chi connectivity index (χ0n) is 11.5. The number of benzene rings is 1. The normalized spacial score (nSPS) is 11.0. The lowest BCUT2D eigenvalue weighted by atomic mass is 9.88. The van der Waals surface area contributed by atoms with Gasteiger partial charge in [0.15, 0.2) is 0 Å². The largest absolute Gasteiger partial charge is 0.497 e. The number of hydrogen-bond acceptors (Lipinski definition) is 3. The van der Waals surface area contributed by atoms with Gasteiger partial charge in [0.2, 0.25) is 0 Å². The molecule has 0 fully saturated rings. The Bertz CT molecular complexity index is 390. The van der Waals surface area contributed by atoms with Gasteiger partial charge in [-0.2, -0.15) is 5.26 Å². The van der Waals surface area contributed by atoms with Crippen LogP contribution in [0, 0.1) is 16.7 Å². The third-order valence-electron chi connectivity index (χ3n) is 3.01. The number of nitriles is 1. The van der Waals surface area contributed by atoms with E-state index >= 15 is 0 Å². The Balaban J connectivity index is 2.34. The second-order valence-corrected chi connectivity index (χ2v) is 5.27. The molecule has 1 aromatic rings. The van der Waals surface area contributed by atoms with Crippen molar-refractivity contribution < 1.29 is 4.74 Å². The molecule has 0 amide bonds. The van der Waals surface area contributed by atoms with Crippen LogP contribution in [0.15, 0.2) is 24.3 Å². The third-order valence-corrected chi connectivity index (χ3v) is 3.01. The monoisotopic (exact) mass is 246 g/mol. The highest BCUT2D eigenvalue weighted by Gasteiger charge is 2.16. The molecule has 3 heteroatoms. The van der Waals surface area contributed by atoms with Gasteiger partial charge in [-0.15, -0.1) is 0 Å². The summed E-state index contributed by atoms with van der Waals surface area (Å²) < 4.78 is 5.12. The summed E-state index contributed by atoms with van der Waals surface area (Å²) >= 11 is 0. The van der Waals surface area contributed by atoms with E-state index in [-0.39, 0.29) is 5.41 Å². The Morgan fingerprint density at radius 1 is 1.28 bits per heavy atom. The Hall–Kier alpha value is -1.53. The summed E-state index contributed by atoms with van der Waals surface area (Å²) in [4.78, 5) is 0. The SMILES string of the molecule is COc1ccc(CNCC(C)(C)CCC#N)cc1. The second kappa shape index (κ2) is 7.03. The highest BCUT2D eigenvalue weighted by molar-refractivity contribution is 5.26. The van der Waals surface area contributed by atoms with Crippen molar-refractivity contribution in [2.45, 2.75) is 33.2 Å². The molecule has 1 aromatic carbocycles. The van der Waals surface area contributed by atoms with E-state index in [4.69, 9.17) is 10.00 Å². The highest BCUT2D eigenvalue weighted by Crippen LogP contribution is 2.21. The lowest BCUT2D eigenvalue weighted by molar-refractivity contribution is 0.317. The first-order valence-electron chi connectivity index (χ1n) is 6.28. The summed E-state index contributed by atoms with van der Waals surface area (Å²) in [7, 11) is 1.67. The molecule has 0 saturated heterocycles. The molecule has 0 saturated carbocycles. The Kier molecular flexibility index (Phi) is 5.67. The van der Waals surface area contributed by atoms with E-state index in [0.717, 1.165) is 25.3 Å². The molecule has 0 atom stereocenters. The standard InChI is InChI=1S/C15H22N2O/c1-15(2,9-4-10-16)12-17-11-13-5-7-14(18-3)8-6-13/h5-8,17H,4,9,11-12H2,1-3H3. The van der Waals surface area contributed by atoms with Gasteiger partial charge in [0, 0.05) is 19.5 Å². The van der Waals surface area contributed by atoms with E-state index in [0.29, 0.717) is 6.42 Å². The van der Waals surface area contributed by atoms with Crippen LogP contribution in [0.3, 0.4) is 0 Å². The molecule has 0 aliphatic heterocycles. The number of nitrogens with zero attached hydrogens (tertiary/aromatic N) is 1. The van der Waals surface area contributed by atoms with Gasteiger partial charge in [0.05, 0.1) is 13.2 Å². The summed E-state index contributed by atoms with van der Waals surface area (Å²) in [5, 5.41) is 12.0. The van der Waals surface area contributed by atoms with Crippen LogP contribution in [0.5, 0.6) is 5.75 Å². The minimum Gasteiger partial charge on any atom is -0.497 e. The van der Waals surface area contributed by atoms with Crippen LogP contribution in [-0.4, -0.2) is 13.7 Å². The number of hydrogen-bond donors (Lipinski definition) is 1. The maximum absolute atomic E-state index is 8.60. The highest BCUT2D eigenvalue weighted by atomic mass is 16.5. The summed E-state index contributed by atoms with van der Waals surface area (Å²) in [6.45, 7) is 6.14. The molecule has 0 unspecified atom stereocenters. The van der Waals surface area contributed by atoms with Crippen molar-refractivity contribution in [3.8, 4) is 11.8 Å². The molecule has 0 aromatic heterocycles. The minimum atomic E-state index is 0.169. The van der Waals surface area contributed by atoms with Crippen molar-refractivity contribution in [2.75, 3.05) is 13.7 Å². The molecule has 18 heavy (non-hydrogen) atoms. The fraction of sp³-hybridized carbons (Fsp3) is 0.533. The quantitative estimate of drug-likeness (QED) is 0.804. The molecule has 0 spiro atoms. The van der Waals surface area contributed by atoms with Crippen molar-refractivity contribution in [1.29, 1.82) is 5.26 Å². The molecule has 3 nitrogen and oxygen atoms in total. The van der Waals surface area contributed by atoms with E-state index in [1.54, 1.807) is 7.11 Å². The van der Waals surface area contributed by atoms with Crippen molar-refractivity contribution >= 4 is 0 Å². The van der Waals surface area contributed by atoms with Gasteiger partial charge >= 0.3 is 0 Å². The van der Waals surface area contributed by atoms with Crippen LogP contribution in [0.1, 0.15) is 32.3 Å². The number of nitrogens with one attached hydrogen (secondary N) is 1. The predicted molar refractivity (Wildman–Crippen MR) is 73.3 cm³/mol. The molecule has 0 aliphatic rings. The van der Waals surface area contributed by atoms with E-state index in [1.807, 2.05) is 12.1 Å². The number of methoxy groups -OCH3 is 1. The maximum atomic E-state index is 8.60. The maximum Gasteiger partial charge on any atom is 0.118 e. The summed E-state index contributed by atoms with van der Waals surface area (Å²) in [5.74, 6) is 0.883. The number of rotatable bonds is 7. The Labute approximate surface area is 110 Å². The van der Waals surface area contributed by atoms with Crippen molar-refractivity contribution in [3.05, 3.63) is 29.8 Å². The van der Waals surface area contributed by atoms with Crippen LogP contribution in [0.4, 0.5) is 0 Å². The first-order chi connectivity index (χ1) is 8.57. The van der Waals surface area contributed by atoms with Gasteiger partial charge in [-0.1, -0.05) is 26.0 Å². The van der Waals surface area contributed by atoms with Gasteiger partial charge in [0.1, 0.15) is 5.75 Å². The number of ether oxygens (including phenoxy) is 1. The molecular formula is C15H22N2O. The Morgan fingerprint density at radius 3 is 2.50 bits per heavy atom. The van der Waals surface area contributed by atoms with Crippen molar-refractivity contribution in [3.63, 3.8) is 0 Å². The van der Waals surface area contributed by atoms with E-state index in [1.165, 1.54) is 5.56 Å². The van der Waals surface area contributed by atoms with E-state index in [9.17, 15) is 0 Å². The first-order valence-corrected chi connectivity index (χ1v) is 6.28. The van der Waals surface area contributed by atoms with Crippen LogP contribution in [0.2, 0.25) is 0 Å². The lowest BCUT2D eigenvalue weighted by Crippen LogP contribution is -2.28. The third kappa shape index (κ3) is 5.20. The average Bonchev–Trinajstić information content (AvgIpc) is 2.37. The molecule has 0 radical (unpaired) electrons. The fourth-order valence-corrected chi connectivity index (χ4v) is 1.77. The van der Waals surface area contributed by atoms with Gasteiger partial charge in [-0.05, 0) is 29.5 Å². The van der Waals surface area contributed by atoms with E-state index < -0.39 is 0 Å². The first kappa shape index (κ1) is 14.5. The predicted octanol–water partition coefficient (Wildman–Crippen LogP) is 3.11.